The highest BCUT2D eigenvalue weighted by atomic mass is 16.3. The van der Waals surface area contributed by atoms with Crippen molar-refractivity contribution in [2.24, 2.45) is 0 Å². The number of hydrogen-bond acceptors (Lipinski definition) is 6. The summed E-state index contributed by atoms with van der Waals surface area (Å²) in [7, 11) is 1.48. The number of imide groups is 1. The fourth-order valence-electron chi connectivity index (χ4n) is 3.35. The summed E-state index contributed by atoms with van der Waals surface area (Å²) in [6, 6.07) is 3.00. The number of carbonyl (C=O) groups is 2. The third-order valence-corrected chi connectivity index (χ3v) is 5.05. The van der Waals surface area contributed by atoms with Gasteiger partial charge < -0.3 is 9.51 Å². The largest absolute Gasteiger partial charge is 0.492 e. The molecule has 1 N–H and O–H groups in total. The molecule has 5 rings (SSSR count). The third kappa shape index (κ3) is 3.04. The van der Waals surface area contributed by atoms with Crippen molar-refractivity contribution in [2.75, 3.05) is 18.5 Å². The van der Waals surface area contributed by atoms with E-state index in [1.54, 1.807) is 6.20 Å². The molecule has 4 heterocycles. The first-order valence-electron chi connectivity index (χ1n) is 9.14. The smallest absolute Gasteiger partial charge is 0.331 e. The molecule has 1 aliphatic heterocycles. The number of urea groups is 1. The monoisotopic (exact) mass is 388 g/mol. The molecule has 3 amide bonds. The fraction of sp³-hybridized carbons (Fsp3) is 0.250. The van der Waals surface area contributed by atoms with Gasteiger partial charge in [-0.15, -0.1) is 5.10 Å². The SMILES string of the molecule is CN1C(=O)CN(c2cc(C3CC3)cn3cc(C#Cc4cnnc(O)c4)nc23)C1=O. The molecule has 2 fully saturated rings. The van der Waals surface area contributed by atoms with E-state index in [1.807, 2.05) is 16.7 Å². The van der Waals surface area contributed by atoms with E-state index < -0.39 is 0 Å². The van der Waals surface area contributed by atoms with Gasteiger partial charge in [-0.3, -0.25) is 14.6 Å². The molecule has 9 heteroatoms. The summed E-state index contributed by atoms with van der Waals surface area (Å²) in [5.74, 6) is 5.85. The number of likely N-dealkylation sites (N-methyl/N-ethyl adjacent to an activating group) is 1. The second-order valence-electron chi connectivity index (χ2n) is 7.16. The van der Waals surface area contributed by atoms with Crippen LogP contribution in [0, 0.1) is 11.8 Å². The molecule has 9 nitrogen and oxygen atoms in total. The zero-order chi connectivity index (χ0) is 20.1. The third-order valence-electron chi connectivity index (χ3n) is 5.05. The highest BCUT2D eigenvalue weighted by Crippen LogP contribution is 2.42. The van der Waals surface area contributed by atoms with Crippen molar-refractivity contribution in [2.45, 2.75) is 18.8 Å². The Morgan fingerprint density at radius 3 is 2.69 bits per heavy atom. The number of hydrogen-bond donors (Lipinski definition) is 1. The average Bonchev–Trinajstić information content (AvgIpc) is 3.42. The highest BCUT2D eigenvalue weighted by Gasteiger charge is 2.36. The summed E-state index contributed by atoms with van der Waals surface area (Å²) in [6.45, 7) is -0.00501. The molecule has 0 spiro atoms. The molecule has 3 aromatic heterocycles. The Morgan fingerprint density at radius 1 is 1.17 bits per heavy atom. The van der Waals surface area contributed by atoms with E-state index >= 15 is 0 Å². The van der Waals surface area contributed by atoms with Crippen LogP contribution in [-0.2, 0) is 4.79 Å². The molecule has 0 atom stereocenters. The molecule has 0 bridgehead atoms. The van der Waals surface area contributed by atoms with Crippen LogP contribution in [0.15, 0.2) is 30.7 Å². The molecular formula is C20H16N6O3. The predicted molar refractivity (Wildman–Crippen MR) is 102 cm³/mol. The number of rotatable bonds is 2. The number of aromatic hydroxyl groups is 1. The minimum atomic E-state index is -0.362. The molecule has 3 aromatic rings. The van der Waals surface area contributed by atoms with Gasteiger partial charge in [0, 0.05) is 25.5 Å². The first-order chi connectivity index (χ1) is 14.0. The minimum absolute atomic E-state index is 0.00501. The van der Waals surface area contributed by atoms with Gasteiger partial charge in [0.25, 0.3) is 0 Å². The van der Waals surface area contributed by atoms with Gasteiger partial charge in [0.05, 0.1) is 17.4 Å². The van der Waals surface area contributed by atoms with Gasteiger partial charge in [-0.25, -0.2) is 9.78 Å². The Morgan fingerprint density at radius 2 is 2.00 bits per heavy atom. The van der Waals surface area contributed by atoms with Crippen molar-refractivity contribution >= 4 is 23.3 Å². The van der Waals surface area contributed by atoms with Gasteiger partial charge in [0.2, 0.25) is 11.8 Å². The van der Waals surface area contributed by atoms with Gasteiger partial charge in [-0.1, -0.05) is 5.92 Å². The molecule has 0 aromatic carbocycles. The summed E-state index contributed by atoms with van der Waals surface area (Å²) < 4.78 is 1.85. The Bertz CT molecular complexity index is 1230. The van der Waals surface area contributed by atoms with Crippen LogP contribution in [0.2, 0.25) is 0 Å². The standard InChI is InChI=1S/C20H16N6O3/c1-24-18(28)11-26(20(24)29)16-7-14(13-3-4-13)9-25-10-15(22-19(16)25)5-2-12-6-17(27)23-21-8-12/h6-10,13H,3-4,11H2,1H3,(H,23,27). The van der Waals surface area contributed by atoms with Crippen molar-refractivity contribution in [1.29, 1.82) is 0 Å². The number of pyridine rings is 1. The predicted octanol–water partition coefficient (Wildman–Crippen LogP) is 1.51. The number of aromatic nitrogens is 4. The second kappa shape index (κ2) is 6.31. The highest BCUT2D eigenvalue weighted by molar-refractivity contribution is 6.13. The maximum absolute atomic E-state index is 12.5. The topological polar surface area (TPSA) is 104 Å². The number of nitrogens with zero attached hydrogens (tertiary/aromatic N) is 6. The fourth-order valence-corrected chi connectivity index (χ4v) is 3.35. The van der Waals surface area contributed by atoms with Crippen molar-refractivity contribution < 1.29 is 14.7 Å². The minimum Gasteiger partial charge on any atom is -0.492 e. The first kappa shape index (κ1) is 17.2. The molecule has 1 saturated carbocycles. The molecule has 144 valence electrons. The van der Waals surface area contributed by atoms with Crippen LogP contribution in [-0.4, -0.2) is 55.1 Å². The van der Waals surface area contributed by atoms with E-state index in [-0.39, 0.29) is 24.4 Å². The van der Waals surface area contributed by atoms with E-state index in [1.165, 1.54) is 24.2 Å². The summed E-state index contributed by atoms with van der Waals surface area (Å²) in [5, 5.41) is 16.6. The van der Waals surface area contributed by atoms with E-state index in [2.05, 4.69) is 27.0 Å². The van der Waals surface area contributed by atoms with Gasteiger partial charge >= 0.3 is 6.03 Å². The Labute approximate surface area is 165 Å². The lowest BCUT2D eigenvalue weighted by Gasteiger charge is -2.17. The second-order valence-corrected chi connectivity index (χ2v) is 7.16. The van der Waals surface area contributed by atoms with Gasteiger partial charge in [-0.05, 0) is 36.3 Å². The van der Waals surface area contributed by atoms with E-state index in [0.717, 1.165) is 23.3 Å². The van der Waals surface area contributed by atoms with Gasteiger partial charge in [-0.2, -0.15) is 5.10 Å². The van der Waals surface area contributed by atoms with Gasteiger partial charge in [0.1, 0.15) is 12.2 Å². The number of anilines is 1. The van der Waals surface area contributed by atoms with Crippen LogP contribution < -0.4 is 4.90 Å². The molecular weight excluding hydrogens is 372 g/mol. The maximum atomic E-state index is 12.5. The first-order valence-corrected chi connectivity index (χ1v) is 9.14. The zero-order valence-corrected chi connectivity index (χ0v) is 15.5. The van der Waals surface area contributed by atoms with Crippen LogP contribution >= 0.6 is 0 Å². The molecule has 2 aliphatic rings. The summed E-state index contributed by atoms with van der Waals surface area (Å²) in [6.07, 6.45) is 7.46. The van der Waals surface area contributed by atoms with E-state index in [4.69, 9.17) is 0 Å². The lowest BCUT2D eigenvalue weighted by molar-refractivity contribution is -0.123. The summed E-state index contributed by atoms with van der Waals surface area (Å²) in [4.78, 5) is 31.7. The number of imidazole rings is 1. The quantitative estimate of drug-likeness (QED) is 0.527. The molecule has 1 aliphatic carbocycles. The molecule has 29 heavy (non-hydrogen) atoms. The van der Waals surface area contributed by atoms with Gasteiger partial charge in [0.15, 0.2) is 5.65 Å². The van der Waals surface area contributed by atoms with Crippen molar-refractivity contribution in [3.05, 3.63) is 47.5 Å². The van der Waals surface area contributed by atoms with E-state index in [9.17, 15) is 14.7 Å². The number of amides is 3. The lowest BCUT2D eigenvalue weighted by Crippen LogP contribution is -2.30. The maximum Gasteiger partial charge on any atom is 0.331 e. The number of fused-ring (bicyclic) bond motifs is 1. The van der Waals surface area contributed by atoms with Crippen molar-refractivity contribution in [1.82, 2.24) is 24.5 Å². The molecule has 0 unspecified atom stereocenters. The Balaban J connectivity index is 1.60. The lowest BCUT2D eigenvalue weighted by atomic mass is 10.1. The van der Waals surface area contributed by atoms with Crippen LogP contribution in [0.25, 0.3) is 5.65 Å². The normalized spacial score (nSPS) is 16.4. The van der Waals surface area contributed by atoms with Crippen LogP contribution in [0.1, 0.15) is 35.6 Å². The van der Waals surface area contributed by atoms with Crippen LogP contribution in [0.3, 0.4) is 0 Å². The van der Waals surface area contributed by atoms with Crippen molar-refractivity contribution in [3.8, 4) is 17.7 Å². The van der Waals surface area contributed by atoms with E-state index in [0.29, 0.717) is 28.5 Å². The van der Waals surface area contributed by atoms with Crippen LogP contribution in [0.5, 0.6) is 5.88 Å². The Hall–Kier alpha value is -3.93. The zero-order valence-electron chi connectivity index (χ0n) is 15.5. The van der Waals surface area contributed by atoms with Crippen LogP contribution in [0.4, 0.5) is 10.5 Å². The Kier molecular flexibility index (Phi) is 3.74. The summed E-state index contributed by atoms with van der Waals surface area (Å²) in [5.41, 5.74) is 3.29. The molecule has 1 saturated heterocycles. The summed E-state index contributed by atoms with van der Waals surface area (Å²) >= 11 is 0. The van der Waals surface area contributed by atoms with Crippen molar-refractivity contribution in [3.63, 3.8) is 0 Å². The number of carbonyl (C=O) groups excluding carboxylic acids is 2. The average molecular weight is 388 g/mol. The molecule has 0 radical (unpaired) electrons.